The Balaban J connectivity index is 1.53. The van der Waals surface area contributed by atoms with Gasteiger partial charge in [0.05, 0.1) is 33.3 Å². The number of hydrogen-bond acceptors (Lipinski definition) is 6. The van der Waals surface area contributed by atoms with Crippen LogP contribution in [-0.4, -0.2) is 49.9 Å². The SMILES string of the molecule is Cc1ccc(Cl)c2sc(NC(=O)c3ccc(S(=O)(=O)N4CCOCC4)cc3)nc12. The lowest BCUT2D eigenvalue weighted by Gasteiger charge is -2.26. The fourth-order valence-electron chi connectivity index (χ4n) is 3.04. The van der Waals surface area contributed by atoms with Crippen LogP contribution in [0.15, 0.2) is 41.3 Å². The highest BCUT2D eigenvalue weighted by atomic mass is 35.5. The zero-order valence-corrected chi connectivity index (χ0v) is 17.9. The standard InChI is InChI=1S/C19H18ClN3O4S2/c1-12-2-7-15(20)17-16(12)21-19(28-17)22-18(24)13-3-5-14(6-4-13)29(25,26)23-8-10-27-11-9-23/h2-7H,8-11H2,1H3,(H,21,22,24). The molecule has 152 valence electrons. The Morgan fingerprint density at radius 2 is 1.86 bits per heavy atom. The molecule has 0 atom stereocenters. The lowest BCUT2D eigenvalue weighted by molar-refractivity contribution is 0.0730. The van der Waals surface area contributed by atoms with Crippen molar-refractivity contribution in [3.8, 4) is 0 Å². The summed E-state index contributed by atoms with van der Waals surface area (Å²) in [6.07, 6.45) is 0. The molecule has 1 amide bonds. The number of sulfonamides is 1. The molecule has 10 heteroatoms. The van der Waals surface area contributed by atoms with Gasteiger partial charge < -0.3 is 4.74 Å². The fourth-order valence-corrected chi connectivity index (χ4v) is 5.66. The van der Waals surface area contributed by atoms with Crippen LogP contribution < -0.4 is 5.32 Å². The van der Waals surface area contributed by atoms with Gasteiger partial charge in [0.2, 0.25) is 10.0 Å². The lowest BCUT2D eigenvalue weighted by atomic mass is 10.2. The number of aryl methyl sites for hydroxylation is 1. The Morgan fingerprint density at radius 3 is 2.52 bits per heavy atom. The van der Waals surface area contributed by atoms with Crippen LogP contribution in [0, 0.1) is 6.92 Å². The number of nitrogens with one attached hydrogen (secondary N) is 1. The van der Waals surface area contributed by atoms with Crippen LogP contribution in [0.25, 0.3) is 10.2 Å². The molecule has 4 rings (SSSR count). The summed E-state index contributed by atoms with van der Waals surface area (Å²) in [6.45, 7) is 3.34. The van der Waals surface area contributed by atoms with Crippen LogP contribution in [0.1, 0.15) is 15.9 Å². The first-order valence-corrected chi connectivity index (χ1v) is 11.5. The number of carbonyl (C=O) groups excluding carboxylic acids is 1. The Labute approximate surface area is 177 Å². The second-order valence-electron chi connectivity index (χ2n) is 6.56. The third kappa shape index (κ3) is 4.01. The number of nitrogens with zero attached hydrogens (tertiary/aromatic N) is 2. The van der Waals surface area contributed by atoms with E-state index in [1.807, 2.05) is 13.0 Å². The summed E-state index contributed by atoms with van der Waals surface area (Å²) < 4.78 is 32.7. The van der Waals surface area contributed by atoms with Gasteiger partial charge in [-0.25, -0.2) is 13.4 Å². The van der Waals surface area contributed by atoms with Crippen molar-refractivity contribution in [2.24, 2.45) is 0 Å². The van der Waals surface area contributed by atoms with Crippen molar-refractivity contribution in [1.82, 2.24) is 9.29 Å². The summed E-state index contributed by atoms with van der Waals surface area (Å²) in [6, 6.07) is 9.56. The molecular formula is C19H18ClN3O4S2. The number of anilines is 1. The molecule has 0 unspecified atom stereocenters. The molecule has 1 saturated heterocycles. The molecule has 0 aliphatic carbocycles. The van der Waals surface area contributed by atoms with Gasteiger partial charge in [0, 0.05) is 18.7 Å². The van der Waals surface area contributed by atoms with Crippen LogP contribution in [0.2, 0.25) is 5.02 Å². The van der Waals surface area contributed by atoms with Gasteiger partial charge >= 0.3 is 0 Å². The highest BCUT2D eigenvalue weighted by molar-refractivity contribution is 7.89. The number of rotatable bonds is 4. The quantitative estimate of drug-likeness (QED) is 0.655. The molecule has 29 heavy (non-hydrogen) atoms. The van der Waals surface area contributed by atoms with Crippen molar-refractivity contribution in [2.45, 2.75) is 11.8 Å². The van der Waals surface area contributed by atoms with Crippen LogP contribution >= 0.6 is 22.9 Å². The summed E-state index contributed by atoms with van der Waals surface area (Å²) >= 11 is 7.51. The van der Waals surface area contributed by atoms with E-state index in [9.17, 15) is 13.2 Å². The van der Waals surface area contributed by atoms with E-state index in [0.717, 1.165) is 15.8 Å². The Bertz CT molecular complexity index is 1130. The third-order valence-corrected chi connectivity index (χ3v) is 7.99. The van der Waals surface area contributed by atoms with Crippen molar-refractivity contribution in [2.75, 3.05) is 31.6 Å². The molecule has 1 aromatic heterocycles. The monoisotopic (exact) mass is 451 g/mol. The third-order valence-electron chi connectivity index (χ3n) is 4.64. The van der Waals surface area contributed by atoms with Crippen LogP contribution in [0.3, 0.4) is 0 Å². The average Bonchev–Trinajstić information content (AvgIpc) is 3.16. The summed E-state index contributed by atoms with van der Waals surface area (Å²) in [5.74, 6) is -0.367. The number of amides is 1. The lowest BCUT2D eigenvalue weighted by Crippen LogP contribution is -2.40. The minimum Gasteiger partial charge on any atom is -0.379 e. The number of ether oxygens (including phenoxy) is 1. The molecule has 1 fully saturated rings. The molecule has 7 nitrogen and oxygen atoms in total. The number of aromatic nitrogens is 1. The van der Waals surface area contributed by atoms with Gasteiger partial charge in [0.25, 0.3) is 5.91 Å². The molecular weight excluding hydrogens is 434 g/mol. The number of carbonyl (C=O) groups is 1. The van der Waals surface area contributed by atoms with Gasteiger partial charge in [-0.15, -0.1) is 0 Å². The van der Waals surface area contributed by atoms with Crippen molar-refractivity contribution in [1.29, 1.82) is 0 Å². The number of halogens is 1. The average molecular weight is 452 g/mol. The topological polar surface area (TPSA) is 88.6 Å². The van der Waals surface area contributed by atoms with Crippen LogP contribution in [0.5, 0.6) is 0 Å². The normalized spacial score (nSPS) is 15.5. The number of hydrogen-bond donors (Lipinski definition) is 1. The maximum Gasteiger partial charge on any atom is 0.257 e. The molecule has 1 aliphatic rings. The molecule has 0 radical (unpaired) electrons. The summed E-state index contributed by atoms with van der Waals surface area (Å²) in [4.78, 5) is 17.2. The van der Waals surface area contributed by atoms with Gasteiger partial charge in [-0.1, -0.05) is 29.0 Å². The van der Waals surface area contributed by atoms with E-state index in [0.29, 0.717) is 42.0 Å². The highest BCUT2D eigenvalue weighted by Gasteiger charge is 2.26. The fraction of sp³-hybridized carbons (Fsp3) is 0.263. The number of morpholine rings is 1. The van der Waals surface area contributed by atoms with E-state index in [1.165, 1.54) is 39.9 Å². The van der Waals surface area contributed by atoms with Gasteiger partial charge in [-0.3, -0.25) is 10.1 Å². The summed E-state index contributed by atoms with van der Waals surface area (Å²) in [5, 5.41) is 3.78. The van der Waals surface area contributed by atoms with E-state index in [-0.39, 0.29) is 10.8 Å². The summed E-state index contributed by atoms with van der Waals surface area (Å²) in [7, 11) is -3.59. The molecule has 0 bridgehead atoms. The minimum absolute atomic E-state index is 0.151. The first-order valence-electron chi connectivity index (χ1n) is 8.91. The van der Waals surface area contributed by atoms with Gasteiger partial charge in [-0.2, -0.15) is 4.31 Å². The van der Waals surface area contributed by atoms with E-state index in [2.05, 4.69) is 10.3 Å². The maximum atomic E-state index is 12.7. The highest BCUT2D eigenvalue weighted by Crippen LogP contribution is 2.34. The molecule has 0 spiro atoms. The predicted octanol–water partition coefficient (Wildman–Crippen LogP) is 3.53. The van der Waals surface area contributed by atoms with Gasteiger partial charge in [-0.05, 0) is 42.8 Å². The zero-order valence-electron chi connectivity index (χ0n) is 15.5. The Morgan fingerprint density at radius 1 is 1.17 bits per heavy atom. The van der Waals surface area contributed by atoms with Crippen molar-refractivity contribution in [3.63, 3.8) is 0 Å². The molecule has 0 saturated carbocycles. The summed E-state index contributed by atoms with van der Waals surface area (Å²) in [5.41, 5.74) is 2.07. The van der Waals surface area contributed by atoms with Crippen molar-refractivity contribution < 1.29 is 17.9 Å². The van der Waals surface area contributed by atoms with Crippen molar-refractivity contribution >= 4 is 54.2 Å². The minimum atomic E-state index is -3.59. The Hall–Kier alpha value is -2.04. The largest absolute Gasteiger partial charge is 0.379 e. The van der Waals surface area contributed by atoms with E-state index in [4.69, 9.17) is 16.3 Å². The molecule has 1 N–H and O–H groups in total. The van der Waals surface area contributed by atoms with Crippen molar-refractivity contribution in [3.05, 3.63) is 52.5 Å². The molecule has 3 aromatic rings. The van der Waals surface area contributed by atoms with Crippen LogP contribution in [0.4, 0.5) is 5.13 Å². The van der Waals surface area contributed by atoms with E-state index in [1.54, 1.807) is 6.07 Å². The number of thiazole rings is 1. The smallest absolute Gasteiger partial charge is 0.257 e. The molecule has 1 aliphatic heterocycles. The van der Waals surface area contributed by atoms with E-state index < -0.39 is 10.0 Å². The number of fused-ring (bicyclic) bond motifs is 1. The Kier molecular flexibility index (Phi) is 5.58. The predicted molar refractivity (Wildman–Crippen MR) is 113 cm³/mol. The number of benzene rings is 2. The first-order chi connectivity index (χ1) is 13.9. The molecule has 2 heterocycles. The van der Waals surface area contributed by atoms with Gasteiger partial charge in [0.1, 0.15) is 0 Å². The zero-order chi connectivity index (χ0) is 20.6. The molecule has 2 aromatic carbocycles. The van der Waals surface area contributed by atoms with Gasteiger partial charge in [0.15, 0.2) is 5.13 Å². The first kappa shape index (κ1) is 20.2. The van der Waals surface area contributed by atoms with E-state index >= 15 is 0 Å². The second kappa shape index (κ2) is 8.00. The maximum absolute atomic E-state index is 12.7. The second-order valence-corrected chi connectivity index (χ2v) is 9.90. The van der Waals surface area contributed by atoms with Crippen LogP contribution in [-0.2, 0) is 14.8 Å².